The molecule has 0 heterocycles. The first-order chi connectivity index (χ1) is 18.9. The smallest absolute Gasteiger partial charge is 0.244 e. The summed E-state index contributed by atoms with van der Waals surface area (Å²) in [5, 5.41) is 2.82. The normalized spacial score (nSPS) is 12.1. The molecule has 2 amide bonds. The number of nitrogens with zero attached hydrogens (tertiary/aromatic N) is 2. The fraction of sp³-hybridized carbons (Fsp3) is 0.333. The van der Waals surface area contributed by atoms with Gasteiger partial charge < -0.3 is 15.0 Å². The molecule has 0 aliphatic rings. The van der Waals surface area contributed by atoms with E-state index < -0.39 is 34.3 Å². The zero-order chi connectivity index (χ0) is 29.3. The molecule has 214 valence electrons. The number of ether oxygens (including phenoxy) is 1. The van der Waals surface area contributed by atoms with E-state index in [4.69, 9.17) is 4.74 Å². The highest BCUT2D eigenvalue weighted by molar-refractivity contribution is 7.92. The van der Waals surface area contributed by atoms with Crippen molar-refractivity contribution < 1.29 is 27.1 Å². The van der Waals surface area contributed by atoms with Crippen LogP contribution in [0.15, 0.2) is 78.9 Å². The molecule has 3 rings (SSSR count). The first-order valence-electron chi connectivity index (χ1n) is 13.0. The zero-order valence-electron chi connectivity index (χ0n) is 23.2. The van der Waals surface area contributed by atoms with E-state index in [0.717, 1.165) is 16.1 Å². The third-order valence-corrected chi connectivity index (χ3v) is 7.31. The molecule has 0 aromatic heterocycles. The van der Waals surface area contributed by atoms with Gasteiger partial charge in [-0.2, -0.15) is 0 Å². The minimum atomic E-state index is -3.87. The van der Waals surface area contributed by atoms with Gasteiger partial charge in [-0.1, -0.05) is 56.3 Å². The lowest BCUT2D eigenvalue weighted by Gasteiger charge is -2.31. The van der Waals surface area contributed by atoms with E-state index in [1.54, 1.807) is 31.2 Å². The predicted molar refractivity (Wildman–Crippen MR) is 154 cm³/mol. The van der Waals surface area contributed by atoms with E-state index in [0.29, 0.717) is 24.5 Å². The Morgan fingerprint density at radius 3 is 2.10 bits per heavy atom. The van der Waals surface area contributed by atoms with Crippen LogP contribution in [0.1, 0.15) is 31.9 Å². The van der Waals surface area contributed by atoms with Gasteiger partial charge in [0.25, 0.3) is 0 Å². The van der Waals surface area contributed by atoms with E-state index >= 15 is 0 Å². The second-order valence-electron chi connectivity index (χ2n) is 10.0. The van der Waals surface area contributed by atoms with E-state index in [1.165, 1.54) is 29.2 Å². The standard InChI is InChI=1S/C30H36FN3O5S/c1-22(2)18-32-30(36)23(3)33(19-24-10-12-26(31)13-11-24)29(35)20-34(40(4,37)38)27-14-16-28(17-15-27)39-21-25-8-6-5-7-9-25/h5-17,22-23H,18-21H2,1-4H3,(H,32,36)/t23-/m1/s1. The molecule has 10 heteroatoms. The number of hydrogen-bond donors (Lipinski definition) is 1. The highest BCUT2D eigenvalue weighted by atomic mass is 32.2. The monoisotopic (exact) mass is 569 g/mol. The van der Waals surface area contributed by atoms with Crippen LogP contribution in [0.4, 0.5) is 10.1 Å². The molecule has 0 aliphatic heterocycles. The van der Waals surface area contributed by atoms with E-state index in [-0.39, 0.29) is 24.1 Å². The molecule has 3 aromatic rings. The third kappa shape index (κ3) is 9.08. The fourth-order valence-electron chi connectivity index (χ4n) is 3.88. The van der Waals surface area contributed by atoms with Gasteiger partial charge in [-0.3, -0.25) is 13.9 Å². The Labute approximate surface area is 235 Å². The van der Waals surface area contributed by atoms with Crippen molar-refractivity contribution in [2.45, 2.75) is 40.0 Å². The first kappa shape index (κ1) is 30.6. The average molecular weight is 570 g/mol. The van der Waals surface area contributed by atoms with Gasteiger partial charge in [-0.15, -0.1) is 0 Å². The summed E-state index contributed by atoms with van der Waals surface area (Å²) < 4.78 is 45.8. The number of benzene rings is 3. The van der Waals surface area contributed by atoms with Crippen LogP contribution in [0.3, 0.4) is 0 Å². The van der Waals surface area contributed by atoms with Crippen molar-refractivity contribution in [3.63, 3.8) is 0 Å². The van der Waals surface area contributed by atoms with Crippen LogP contribution in [0.5, 0.6) is 5.75 Å². The van der Waals surface area contributed by atoms with Crippen molar-refractivity contribution in [3.05, 3.63) is 95.8 Å². The van der Waals surface area contributed by atoms with Gasteiger partial charge in [0, 0.05) is 13.1 Å². The van der Waals surface area contributed by atoms with Crippen LogP contribution in [0, 0.1) is 11.7 Å². The zero-order valence-corrected chi connectivity index (χ0v) is 24.0. The molecule has 0 spiro atoms. The second kappa shape index (κ2) is 13.9. The van der Waals surface area contributed by atoms with Crippen LogP contribution in [-0.2, 0) is 32.8 Å². The number of halogens is 1. The maximum atomic E-state index is 13.6. The summed E-state index contributed by atoms with van der Waals surface area (Å²) in [6, 6.07) is 20.7. The average Bonchev–Trinajstić information content (AvgIpc) is 2.93. The maximum absolute atomic E-state index is 13.6. The van der Waals surface area contributed by atoms with Gasteiger partial charge in [0.2, 0.25) is 21.8 Å². The van der Waals surface area contributed by atoms with E-state index in [1.807, 2.05) is 44.2 Å². The molecule has 0 bridgehead atoms. The lowest BCUT2D eigenvalue weighted by Crippen LogP contribution is -2.51. The molecule has 0 fully saturated rings. The molecule has 1 atom stereocenters. The lowest BCUT2D eigenvalue weighted by atomic mass is 10.1. The van der Waals surface area contributed by atoms with Crippen LogP contribution in [-0.4, -0.2) is 50.5 Å². The van der Waals surface area contributed by atoms with Crippen molar-refractivity contribution in [2.24, 2.45) is 5.92 Å². The van der Waals surface area contributed by atoms with Gasteiger partial charge in [0.1, 0.15) is 30.8 Å². The van der Waals surface area contributed by atoms with Gasteiger partial charge in [-0.05, 0) is 60.4 Å². The van der Waals surface area contributed by atoms with E-state index in [2.05, 4.69) is 5.32 Å². The number of nitrogens with one attached hydrogen (secondary N) is 1. The van der Waals surface area contributed by atoms with Crippen molar-refractivity contribution in [3.8, 4) is 5.75 Å². The van der Waals surface area contributed by atoms with Crippen molar-refractivity contribution >= 4 is 27.5 Å². The molecule has 3 aromatic carbocycles. The van der Waals surface area contributed by atoms with Gasteiger partial charge in [-0.25, -0.2) is 12.8 Å². The summed E-state index contributed by atoms with van der Waals surface area (Å²) in [6.07, 6.45) is 1.02. The van der Waals surface area contributed by atoms with Gasteiger partial charge in [0.15, 0.2) is 0 Å². The molecule has 1 N–H and O–H groups in total. The molecule has 40 heavy (non-hydrogen) atoms. The number of sulfonamides is 1. The summed E-state index contributed by atoms with van der Waals surface area (Å²) in [4.78, 5) is 27.8. The SMILES string of the molecule is CC(C)CNC(=O)[C@@H](C)N(Cc1ccc(F)cc1)C(=O)CN(c1ccc(OCc2ccccc2)cc1)S(C)(=O)=O. The molecule has 0 saturated heterocycles. The Balaban J connectivity index is 1.80. The van der Waals surface area contributed by atoms with Crippen molar-refractivity contribution in [1.29, 1.82) is 0 Å². The molecular weight excluding hydrogens is 533 g/mol. The van der Waals surface area contributed by atoms with Crippen LogP contribution in [0.25, 0.3) is 0 Å². The summed E-state index contributed by atoms with van der Waals surface area (Å²) in [6.45, 7) is 5.74. The predicted octanol–water partition coefficient (Wildman–Crippen LogP) is 4.36. The summed E-state index contributed by atoms with van der Waals surface area (Å²) in [5.41, 5.74) is 1.87. The lowest BCUT2D eigenvalue weighted by molar-refractivity contribution is -0.139. The quantitative estimate of drug-likeness (QED) is 0.330. The Morgan fingerprint density at radius 2 is 1.52 bits per heavy atom. The Kier molecular flexibility index (Phi) is 10.7. The maximum Gasteiger partial charge on any atom is 0.244 e. The Bertz CT molecular complexity index is 1360. The van der Waals surface area contributed by atoms with E-state index in [9.17, 15) is 22.4 Å². The number of anilines is 1. The first-order valence-corrected chi connectivity index (χ1v) is 14.8. The van der Waals surface area contributed by atoms with Crippen LogP contribution >= 0.6 is 0 Å². The number of carbonyl (C=O) groups excluding carboxylic acids is 2. The number of hydrogen-bond acceptors (Lipinski definition) is 5. The molecular formula is C30H36FN3O5S. The number of rotatable bonds is 13. The minimum Gasteiger partial charge on any atom is -0.489 e. The van der Waals surface area contributed by atoms with Gasteiger partial charge >= 0.3 is 0 Å². The third-order valence-electron chi connectivity index (χ3n) is 6.17. The minimum absolute atomic E-state index is 0.000750. The summed E-state index contributed by atoms with van der Waals surface area (Å²) in [5.74, 6) is -0.622. The summed E-state index contributed by atoms with van der Waals surface area (Å²) in [7, 11) is -3.87. The number of amides is 2. The molecule has 8 nitrogen and oxygen atoms in total. The van der Waals surface area contributed by atoms with Crippen molar-refractivity contribution in [1.82, 2.24) is 10.2 Å². The highest BCUT2D eigenvalue weighted by Gasteiger charge is 2.30. The molecule has 0 saturated carbocycles. The Hall–Kier alpha value is -3.92. The van der Waals surface area contributed by atoms with Crippen molar-refractivity contribution in [2.75, 3.05) is 23.7 Å². The van der Waals surface area contributed by atoms with Crippen LogP contribution in [0.2, 0.25) is 0 Å². The molecule has 0 unspecified atom stereocenters. The largest absolute Gasteiger partial charge is 0.489 e. The highest BCUT2D eigenvalue weighted by Crippen LogP contribution is 2.23. The molecule has 0 radical (unpaired) electrons. The Morgan fingerprint density at radius 1 is 0.900 bits per heavy atom. The second-order valence-corrected chi connectivity index (χ2v) is 11.9. The topological polar surface area (TPSA) is 96.0 Å². The molecule has 0 aliphatic carbocycles. The number of carbonyl (C=O) groups is 2. The van der Waals surface area contributed by atoms with Gasteiger partial charge in [0.05, 0.1) is 11.9 Å². The summed E-state index contributed by atoms with van der Waals surface area (Å²) >= 11 is 0. The fourth-order valence-corrected chi connectivity index (χ4v) is 4.73. The van der Waals surface area contributed by atoms with Crippen LogP contribution < -0.4 is 14.4 Å².